The third-order valence-electron chi connectivity index (χ3n) is 4.67. The van der Waals surface area contributed by atoms with Crippen LogP contribution in [0.3, 0.4) is 0 Å². The van der Waals surface area contributed by atoms with Gasteiger partial charge in [0, 0.05) is 25.8 Å². The molecule has 7 heteroatoms. The minimum atomic E-state index is -4.34. The zero-order valence-electron chi connectivity index (χ0n) is 14.9. The average Bonchev–Trinajstić information content (AvgIpc) is 2.68. The normalized spacial score (nSPS) is 14.9. The minimum Gasteiger partial charge on any atom is -0.356 e. The van der Waals surface area contributed by atoms with Crippen LogP contribution in [0, 0.1) is 0 Å². The Bertz CT molecular complexity index is 769. The van der Waals surface area contributed by atoms with E-state index in [1.807, 2.05) is 0 Å². The summed E-state index contributed by atoms with van der Waals surface area (Å²) < 4.78 is 37.8. The lowest BCUT2D eigenvalue weighted by Gasteiger charge is -2.29. The summed E-state index contributed by atoms with van der Waals surface area (Å²) in [5, 5.41) is 2.84. The molecule has 4 nitrogen and oxygen atoms in total. The molecular weight excluding hydrogens is 355 g/mol. The lowest BCUT2D eigenvalue weighted by Crippen LogP contribution is -2.34. The third kappa shape index (κ3) is 4.99. The zero-order valence-corrected chi connectivity index (χ0v) is 14.9. The van der Waals surface area contributed by atoms with Gasteiger partial charge in [-0.05, 0) is 55.5 Å². The first-order valence-corrected chi connectivity index (χ1v) is 9.09. The minimum absolute atomic E-state index is 0.212. The van der Waals surface area contributed by atoms with E-state index in [4.69, 9.17) is 0 Å². The van der Waals surface area contributed by atoms with Crippen LogP contribution in [-0.4, -0.2) is 30.5 Å². The summed E-state index contributed by atoms with van der Waals surface area (Å²) in [5.41, 5.74) is 0.606. The number of amides is 1. The Morgan fingerprint density at radius 1 is 1.07 bits per heavy atom. The number of rotatable bonds is 5. The maximum Gasteiger partial charge on any atom is 0.416 e. The first kappa shape index (κ1) is 19.2. The zero-order chi connectivity index (χ0) is 19.3. The summed E-state index contributed by atoms with van der Waals surface area (Å²) in [6.45, 7) is 2.13. The van der Waals surface area contributed by atoms with Gasteiger partial charge in [-0.2, -0.15) is 13.2 Å². The number of piperidine rings is 1. The van der Waals surface area contributed by atoms with Gasteiger partial charge in [0.2, 0.25) is 0 Å². The van der Waals surface area contributed by atoms with Gasteiger partial charge in [0.05, 0.1) is 11.1 Å². The van der Waals surface area contributed by atoms with E-state index in [2.05, 4.69) is 15.2 Å². The van der Waals surface area contributed by atoms with E-state index in [-0.39, 0.29) is 5.91 Å². The van der Waals surface area contributed by atoms with Crippen molar-refractivity contribution in [1.29, 1.82) is 0 Å². The summed E-state index contributed by atoms with van der Waals surface area (Å²) in [7, 11) is 0. The molecule has 27 heavy (non-hydrogen) atoms. The van der Waals surface area contributed by atoms with E-state index in [1.165, 1.54) is 18.6 Å². The predicted molar refractivity (Wildman–Crippen MR) is 97.8 cm³/mol. The third-order valence-corrected chi connectivity index (χ3v) is 4.67. The number of hydrogen-bond acceptors (Lipinski definition) is 3. The van der Waals surface area contributed by atoms with E-state index >= 15 is 0 Å². The lowest BCUT2D eigenvalue weighted by atomic mass is 10.1. The molecule has 1 N–H and O–H groups in total. The Balaban J connectivity index is 1.58. The molecule has 1 amide bonds. The maximum absolute atomic E-state index is 12.6. The molecule has 0 atom stereocenters. The monoisotopic (exact) mass is 377 g/mol. The number of anilines is 1. The van der Waals surface area contributed by atoms with Gasteiger partial charge in [0.1, 0.15) is 5.82 Å². The molecule has 1 aromatic carbocycles. The molecule has 0 spiro atoms. The van der Waals surface area contributed by atoms with Crippen molar-refractivity contribution in [3.8, 4) is 0 Å². The molecule has 0 radical (unpaired) electrons. The fourth-order valence-electron chi connectivity index (χ4n) is 3.21. The highest BCUT2D eigenvalue weighted by atomic mass is 19.4. The van der Waals surface area contributed by atoms with Crippen LogP contribution in [0.25, 0.3) is 0 Å². The Hall–Kier alpha value is -2.57. The molecule has 3 rings (SSSR count). The Kier molecular flexibility index (Phi) is 5.98. The van der Waals surface area contributed by atoms with Crippen molar-refractivity contribution in [2.75, 3.05) is 24.5 Å². The Morgan fingerprint density at radius 3 is 2.44 bits per heavy atom. The van der Waals surface area contributed by atoms with Crippen LogP contribution in [0.15, 0.2) is 42.6 Å². The first-order chi connectivity index (χ1) is 12.9. The van der Waals surface area contributed by atoms with Crippen LogP contribution in [0.5, 0.6) is 0 Å². The van der Waals surface area contributed by atoms with Gasteiger partial charge >= 0.3 is 6.18 Å². The van der Waals surface area contributed by atoms with Crippen LogP contribution in [-0.2, 0) is 12.6 Å². The Morgan fingerprint density at radius 2 is 1.78 bits per heavy atom. The van der Waals surface area contributed by atoms with E-state index in [0.29, 0.717) is 24.3 Å². The van der Waals surface area contributed by atoms with Crippen molar-refractivity contribution in [3.63, 3.8) is 0 Å². The van der Waals surface area contributed by atoms with Crippen molar-refractivity contribution in [2.45, 2.75) is 31.9 Å². The number of pyridine rings is 1. The molecule has 0 bridgehead atoms. The number of alkyl halides is 3. The topological polar surface area (TPSA) is 45.2 Å². The summed E-state index contributed by atoms with van der Waals surface area (Å²) in [6, 6.07) is 8.50. The highest BCUT2D eigenvalue weighted by molar-refractivity contribution is 5.98. The van der Waals surface area contributed by atoms with Crippen LogP contribution in [0.2, 0.25) is 0 Å². The molecule has 0 unspecified atom stereocenters. The van der Waals surface area contributed by atoms with Crippen molar-refractivity contribution in [3.05, 3.63) is 59.3 Å². The van der Waals surface area contributed by atoms with Crippen molar-refractivity contribution < 1.29 is 18.0 Å². The van der Waals surface area contributed by atoms with Crippen LogP contribution in [0.4, 0.5) is 19.0 Å². The fraction of sp³-hybridized carbons (Fsp3) is 0.400. The van der Waals surface area contributed by atoms with Crippen LogP contribution >= 0.6 is 0 Å². The summed E-state index contributed by atoms with van der Waals surface area (Å²) in [6.07, 6.45) is 1.18. The standard InChI is InChI=1S/C20H22F3N3O/c21-20(22,23)16-8-6-15(7-9-16)10-12-25-19(27)17-5-4-11-24-18(17)26-13-2-1-3-14-26/h4-9,11H,1-3,10,12-14H2,(H,25,27). The molecule has 1 aliphatic heterocycles. The van der Waals surface area contributed by atoms with E-state index in [0.717, 1.165) is 43.6 Å². The van der Waals surface area contributed by atoms with Crippen LogP contribution in [0.1, 0.15) is 40.7 Å². The molecule has 1 aromatic heterocycles. The van der Waals surface area contributed by atoms with Gasteiger partial charge in [-0.25, -0.2) is 4.98 Å². The Labute approximate surface area is 156 Å². The summed E-state index contributed by atoms with van der Waals surface area (Å²) in [4.78, 5) is 19.1. The van der Waals surface area contributed by atoms with Gasteiger partial charge in [-0.1, -0.05) is 12.1 Å². The molecule has 1 fully saturated rings. The quantitative estimate of drug-likeness (QED) is 0.855. The molecular formula is C20H22F3N3O. The van der Waals surface area contributed by atoms with E-state index in [1.54, 1.807) is 18.3 Å². The van der Waals surface area contributed by atoms with E-state index in [9.17, 15) is 18.0 Å². The molecule has 144 valence electrons. The molecule has 2 heterocycles. The smallest absolute Gasteiger partial charge is 0.356 e. The second-order valence-electron chi connectivity index (χ2n) is 6.62. The number of hydrogen-bond donors (Lipinski definition) is 1. The van der Waals surface area contributed by atoms with Gasteiger partial charge < -0.3 is 10.2 Å². The number of carbonyl (C=O) groups excluding carboxylic acids is 1. The highest BCUT2D eigenvalue weighted by Crippen LogP contribution is 2.29. The van der Waals surface area contributed by atoms with E-state index < -0.39 is 11.7 Å². The summed E-state index contributed by atoms with van der Waals surface area (Å²) >= 11 is 0. The van der Waals surface area contributed by atoms with Gasteiger partial charge in [0.15, 0.2) is 0 Å². The van der Waals surface area contributed by atoms with Crippen LogP contribution < -0.4 is 10.2 Å². The first-order valence-electron chi connectivity index (χ1n) is 9.09. The molecule has 0 aliphatic carbocycles. The van der Waals surface area contributed by atoms with Gasteiger partial charge in [-0.15, -0.1) is 0 Å². The van der Waals surface area contributed by atoms with Crippen molar-refractivity contribution >= 4 is 11.7 Å². The second-order valence-corrected chi connectivity index (χ2v) is 6.62. The van der Waals surface area contributed by atoms with Gasteiger partial charge in [0.25, 0.3) is 5.91 Å². The molecule has 0 saturated carbocycles. The van der Waals surface area contributed by atoms with Gasteiger partial charge in [-0.3, -0.25) is 4.79 Å². The van der Waals surface area contributed by atoms with Crippen molar-refractivity contribution in [2.24, 2.45) is 0 Å². The largest absolute Gasteiger partial charge is 0.416 e. The molecule has 1 saturated heterocycles. The number of carbonyl (C=O) groups is 1. The average molecular weight is 377 g/mol. The molecule has 1 aliphatic rings. The predicted octanol–water partition coefficient (Wildman–Crippen LogP) is 4.06. The maximum atomic E-state index is 12.6. The second kappa shape index (κ2) is 8.41. The number of halogens is 3. The number of aromatic nitrogens is 1. The number of nitrogens with zero attached hydrogens (tertiary/aromatic N) is 2. The fourth-order valence-corrected chi connectivity index (χ4v) is 3.21. The van der Waals surface area contributed by atoms with Crippen molar-refractivity contribution in [1.82, 2.24) is 10.3 Å². The highest BCUT2D eigenvalue weighted by Gasteiger charge is 2.29. The molecule has 2 aromatic rings. The summed E-state index contributed by atoms with van der Waals surface area (Å²) in [5.74, 6) is 0.486. The number of nitrogens with one attached hydrogen (secondary N) is 1. The number of benzene rings is 1. The SMILES string of the molecule is O=C(NCCc1ccc(C(F)(F)F)cc1)c1cccnc1N1CCCCC1. The lowest BCUT2D eigenvalue weighted by molar-refractivity contribution is -0.137.